The lowest BCUT2D eigenvalue weighted by Crippen LogP contribution is -2.30. The fraction of sp³-hybridized carbons (Fsp3) is 0.333. The Bertz CT molecular complexity index is 1090. The first-order valence-corrected chi connectivity index (χ1v) is 11.3. The molecule has 29 heavy (non-hydrogen) atoms. The molecule has 3 aromatic rings. The summed E-state index contributed by atoms with van der Waals surface area (Å²) in [5.41, 5.74) is 1.06. The predicted octanol–water partition coefficient (Wildman–Crippen LogP) is 3.65. The molecule has 0 aliphatic rings. The van der Waals surface area contributed by atoms with Gasteiger partial charge in [0.15, 0.2) is 10.8 Å². The minimum absolute atomic E-state index is 0.0913. The third kappa shape index (κ3) is 4.68. The lowest BCUT2D eigenvalue weighted by atomic mass is 10.2. The number of pyridine rings is 1. The SMILES string of the molecule is CCN(CC)S(=O)(=O)c1ccc2nnc(SCc3ccccc3OC(F)F)n2c1. The molecule has 11 heteroatoms. The zero-order chi connectivity index (χ0) is 21.0. The summed E-state index contributed by atoms with van der Waals surface area (Å²) in [4.78, 5) is 0.136. The predicted molar refractivity (Wildman–Crippen MR) is 106 cm³/mol. The van der Waals surface area contributed by atoms with Crippen molar-refractivity contribution in [3.05, 3.63) is 48.2 Å². The quantitative estimate of drug-likeness (QED) is 0.471. The van der Waals surface area contributed by atoms with Crippen LogP contribution in [-0.4, -0.2) is 47.0 Å². The van der Waals surface area contributed by atoms with Crippen LogP contribution in [0.3, 0.4) is 0 Å². The van der Waals surface area contributed by atoms with E-state index in [0.29, 0.717) is 35.2 Å². The molecular formula is C18H20F2N4O3S2. The van der Waals surface area contributed by atoms with E-state index < -0.39 is 16.6 Å². The molecule has 156 valence electrons. The largest absolute Gasteiger partial charge is 0.435 e. The van der Waals surface area contributed by atoms with Crippen LogP contribution < -0.4 is 4.74 Å². The van der Waals surface area contributed by atoms with Gasteiger partial charge >= 0.3 is 6.61 Å². The number of benzene rings is 1. The molecule has 0 N–H and O–H groups in total. The second-order valence-electron chi connectivity index (χ2n) is 5.94. The van der Waals surface area contributed by atoms with Gasteiger partial charge < -0.3 is 4.74 Å². The highest BCUT2D eigenvalue weighted by Crippen LogP contribution is 2.29. The zero-order valence-corrected chi connectivity index (χ0v) is 17.5. The highest BCUT2D eigenvalue weighted by Gasteiger charge is 2.23. The third-order valence-corrected chi connectivity index (χ3v) is 7.26. The van der Waals surface area contributed by atoms with Crippen LogP contribution >= 0.6 is 11.8 Å². The summed E-state index contributed by atoms with van der Waals surface area (Å²) in [6.07, 6.45) is 1.48. The van der Waals surface area contributed by atoms with Crippen LogP contribution in [0, 0.1) is 0 Å². The molecule has 1 aromatic carbocycles. The summed E-state index contributed by atoms with van der Waals surface area (Å²) in [5.74, 6) is 0.394. The molecule has 0 bridgehead atoms. The Labute approximate surface area is 171 Å². The lowest BCUT2D eigenvalue weighted by molar-refractivity contribution is -0.0503. The van der Waals surface area contributed by atoms with Crippen molar-refractivity contribution in [3.8, 4) is 5.75 Å². The van der Waals surface area contributed by atoms with Crippen LogP contribution in [-0.2, 0) is 15.8 Å². The molecule has 0 aliphatic carbocycles. The van der Waals surface area contributed by atoms with Gasteiger partial charge in [-0.05, 0) is 18.2 Å². The van der Waals surface area contributed by atoms with E-state index in [4.69, 9.17) is 0 Å². The number of hydrogen-bond acceptors (Lipinski definition) is 6. The summed E-state index contributed by atoms with van der Waals surface area (Å²) in [6.45, 7) is 1.36. The fourth-order valence-corrected chi connectivity index (χ4v) is 5.15. The van der Waals surface area contributed by atoms with Crippen molar-refractivity contribution in [1.82, 2.24) is 18.9 Å². The van der Waals surface area contributed by atoms with Crippen LogP contribution in [0.4, 0.5) is 8.78 Å². The first-order chi connectivity index (χ1) is 13.9. The van der Waals surface area contributed by atoms with Gasteiger partial charge in [0.2, 0.25) is 10.0 Å². The molecule has 0 saturated carbocycles. The Morgan fingerprint density at radius 1 is 1.14 bits per heavy atom. The zero-order valence-electron chi connectivity index (χ0n) is 15.8. The molecule has 0 fully saturated rings. The maximum Gasteiger partial charge on any atom is 0.387 e. The van der Waals surface area contributed by atoms with E-state index in [2.05, 4.69) is 14.9 Å². The second kappa shape index (κ2) is 9.06. The van der Waals surface area contributed by atoms with Crippen molar-refractivity contribution >= 4 is 27.4 Å². The van der Waals surface area contributed by atoms with E-state index >= 15 is 0 Å². The topological polar surface area (TPSA) is 76.8 Å². The number of alkyl halides is 2. The van der Waals surface area contributed by atoms with Gasteiger partial charge in [-0.1, -0.05) is 43.8 Å². The van der Waals surface area contributed by atoms with E-state index in [1.54, 1.807) is 42.5 Å². The third-order valence-electron chi connectivity index (χ3n) is 4.23. The number of para-hydroxylation sites is 1. The number of ether oxygens (including phenoxy) is 1. The molecule has 3 rings (SSSR count). The number of sulfonamides is 1. The van der Waals surface area contributed by atoms with Gasteiger partial charge in [-0.15, -0.1) is 10.2 Å². The number of halogens is 2. The molecule has 0 amide bonds. The molecular weight excluding hydrogens is 422 g/mol. The van der Waals surface area contributed by atoms with Gasteiger partial charge in [-0.25, -0.2) is 8.42 Å². The summed E-state index contributed by atoms with van der Waals surface area (Å²) in [6, 6.07) is 9.58. The molecule has 0 atom stereocenters. The van der Waals surface area contributed by atoms with Gasteiger partial charge in [-0.2, -0.15) is 13.1 Å². The Morgan fingerprint density at radius 3 is 2.55 bits per heavy atom. The van der Waals surface area contributed by atoms with Gasteiger partial charge in [0.05, 0.1) is 4.90 Å². The molecule has 0 unspecified atom stereocenters. The first-order valence-electron chi connectivity index (χ1n) is 8.87. The van der Waals surface area contributed by atoms with Crippen molar-refractivity contribution in [2.45, 2.75) is 36.3 Å². The van der Waals surface area contributed by atoms with E-state index in [0.717, 1.165) is 0 Å². The summed E-state index contributed by atoms with van der Waals surface area (Å²) in [5, 5.41) is 8.58. The number of nitrogens with zero attached hydrogens (tertiary/aromatic N) is 4. The van der Waals surface area contributed by atoms with E-state index in [-0.39, 0.29) is 10.6 Å². The molecule has 2 aromatic heterocycles. The maximum absolute atomic E-state index is 12.8. The van der Waals surface area contributed by atoms with Crippen molar-refractivity contribution in [2.75, 3.05) is 13.1 Å². The Balaban J connectivity index is 1.89. The standard InChI is InChI=1S/C18H20F2N4O3S2/c1-3-23(4-2)29(25,26)14-9-10-16-21-22-18(24(16)11-14)28-12-13-7-5-6-8-15(13)27-17(19)20/h5-11,17H,3-4,12H2,1-2H3. The van der Waals surface area contributed by atoms with Gasteiger partial charge in [0.25, 0.3) is 0 Å². The summed E-state index contributed by atoms with van der Waals surface area (Å²) >= 11 is 1.25. The van der Waals surface area contributed by atoms with Crippen LogP contribution in [0.5, 0.6) is 5.75 Å². The summed E-state index contributed by atoms with van der Waals surface area (Å²) in [7, 11) is -3.63. The minimum atomic E-state index is -3.63. The number of aromatic nitrogens is 3. The summed E-state index contributed by atoms with van der Waals surface area (Å²) < 4.78 is 58.2. The van der Waals surface area contributed by atoms with Crippen LogP contribution in [0.25, 0.3) is 5.65 Å². The second-order valence-corrected chi connectivity index (χ2v) is 8.82. The number of rotatable bonds is 9. The number of hydrogen-bond donors (Lipinski definition) is 0. The monoisotopic (exact) mass is 442 g/mol. The van der Waals surface area contributed by atoms with Gasteiger partial charge in [0, 0.05) is 30.6 Å². The molecule has 7 nitrogen and oxygen atoms in total. The van der Waals surface area contributed by atoms with Crippen LogP contribution in [0.15, 0.2) is 52.6 Å². The van der Waals surface area contributed by atoms with E-state index in [9.17, 15) is 17.2 Å². The van der Waals surface area contributed by atoms with Gasteiger partial charge in [0.1, 0.15) is 5.75 Å². The average molecular weight is 443 g/mol. The van der Waals surface area contributed by atoms with Crippen LogP contribution in [0.1, 0.15) is 19.4 Å². The minimum Gasteiger partial charge on any atom is -0.435 e. The average Bonchev–Trinajstić information content (AvgIpc) is 3.10. The van der Waals surface area contributed by atoms with Crippen molar-refractivity contribution < 1.29 is 21.9 Å². The normalized spacial score (nSPS) is 12.2. The first kappa shape index (κ1) is 21.5. The van der Waals surface area contributed by atoms with Crippen molar-refractivity contribution in [2.24, 2.45) is 0 Å². The Hall–Kier alpha value is -2.24. The van der Waals surface area contributed by atoms with Crippen molar-refractivity contribution in [3.63, 3.8) is 0 Å². The molecule has 0 spiro atoms. The molecule has 0 saturated heterocycles. The molecule has 0 aliphatic heterocycles. The van der Waals surface area contributed by atoms with Crippen LogP contribution in [0.2, 0.25) is 0 Å². The fourth-order valence-electron chi connectivity index (χ4n) is 2.79. The molecule has 0 radical (unpaired) electrons. The number of thioether (sulfide) groups is 1. The highest BCUT2D eigenvalue weighted by atomic mass is 32.2. The smallest absolute Gasteiger partial charge is 0.387 e. The Morgan fingerprint density at radius 2 is 1.86 bits per heavy atom. The van der Waals surface area contributed by atoms with E-state index in [1.165, 1.54) is 34.4 Å². The molecule has 2 heterocycles. The van der Waals surface area contributed by atoms with Gasteiger partial charge in [-0.3, -0.25) is 4.40 Å². The highest BCUT2D eigenvalue weighted by molar-refractivity contribution is 7.98. The Kier molecular flexibility index (Phi) is 6.70. The van der Waals surface area contributed by atoms with E-state index in [1.807, 2.05) is 0 Å². The van der Waals surface area contributed by atoms with Crippen molar-refractivity contribution in [1.29, 1.82) is 0 Å². The maximum atomic E-state index is 12.8. The lowest BCUT2D eigenvalue weighted by Gasteiger charge is -2.18. The number of fused-ring (bicyclic) bond motifs is 1.